The molecule has 0 atom stereocenters. The average Bonchev–Trinajstić information content (AvgIpc) is 2.50. The van der Waals surface area contributed by atoms with Crippen molar-refractivity contribution in [1.82, 2.24) is 14.5 Å². The van der Waals surface area contributed by atoms with Crippen LogP contribution in [-0.4, -0.2) is 20.4 Å². The van der Waals surface area contributed by atoms with E-state index in [1.54, 1.807) is 10.6 Å². The Bertz CT molecular complexity index is 550. The highest BCUT2D eigenvalue weighted by Crippen LogP contribution is 2.19. The van der Waals surface area contributed by atoms with E-state index in [1.165, 1.54) is 6.20 Å². The van der Waals surface area contributed by atoms with Crippen molar-refractivity contribution in [3.05, 3.63) is 17.3 Å². The molecule has 2 heterocycles. The van der Waals surface area contributed by atoms with E-state index in [0.717, 1.165) is 0 Å². The van der Waals surface area contributed by atoms with Crippen LogP contribution in [0.15, 0.2) is 12.3 Å². The van der Waals surface area contributed by atoms with Gasteiger partial charge in [-0.3, -0.25) is 9.36 Å². The lowest BCUT2D eigenvalue weighted by atomic mass is 10.4. The number of nitrogens with two attached hydrogens (primary N) is 2. The predicted octanol–water partition coefficient (Wildman–Crippen LogP) is 0.542. The molecule has 0 bridgehead atoms. The third kappa shape index (κ3) is 1.92. The normalized spacial score (nSPS) is 10.8. The van der Waals surface area contributed by atoms with E-state index < -0.39 is 5.91 Å². The second-order valence-corrected chi connectivity index (χ2v) is 3.77. The summed E-state index contributed by atoms with van der Waals surface area (Å²) in [4.78, 5) is 18.9. The van der Waals surface area contributed by atoms with E-state index in [0.29, 0.717) is 28.7 Å². The third-order valence-corrected chi connectivity index (χ3v) is 2.37. The minimum atomic E-state index is -0.393. The van der Waals surface area contributed by atoms with Crippen LogP contribution in [0.4, 0.5) is 5.95 Å². The van der Waals surface area contributed by atoms with Crippen LogP contribution in [0, 0.1) is 0 Å². The maximum Gasteiger partial charge on any atom is 0.219 e. The summed E-state index contributed by atoms with van der Waals surface area (Å²) < 4.78 is 1.64. The molecule has 0 unspecified atom stereocenters. The van der Waals surface area contributed by atoms with Crippen LogP contribution in [0.3, 0.4) is 0 Å². The molecule has 6 nitrogen and oxygen atoms in total. The van der Waals surface area contributed by atoms with Crippen LogP contribution in [0.5, 0.6) is 0 Å². The second kappa shape index (κ2) is 3.97. The first-order valence-electron chi connectivity index (χ1n) is 4.63. The van der Waals surface area contributed by atoms with Crippen molar-refractivity contribution in [2.24, 2.45) is 5.73 Å². The molecule has 16 heavy (non-hydrogen) atoms. The van der Waals surface area contributed by atoms with Gasteiger partial charge >= 0.3 is 0 Å². The Morgan fingerprint density at radius 3 is 3.00 bits per heavy atom. The largest absolute Gasteiger partial charge is 0.370 e. The number of imidazole rings is 1. The summed E-state index contributed by atoms with van der Waals surface area (Å²) >= 11 is 5.78. The maximum atomic E-state index is 10.7. The highest BCUT2D eigenvalue weighted by molar-refractivity contribution is 6.31. The molecule has 0 saturated carbocycles. The fourth-order valence-electron chi connectivity index (χ4n) is 1.45. The summed E-state index contributed by atoms with van der Waals surface area (Å²) in [7, 11) is 0. The van der Waals surface area contributed by atoms with Gasteiger partial charge in [0.25, 0.3) is 0 Å². The number of pyridine rings is 1. The Hall–Kier alpha value is -1.82. The van der Waals surface area contributed by atoms with Gasteiger partial charge in [0.05, 0.1) is 5.02 Å². The Morgan fingerprint density at radius 2 is 2.31 bits per heavy atom. The van der Waals surface area contributed by atoms with Gasteiger partial charge in [0.15, 0.2) is 5.65 Å². The van der Waals surface area contributed by atoms with Crippen molar-refractivity contribution in [2.75, 3.05) is 5.73 Å². The molecular formula is C9H10ClN5O. The summed E-state index contributed by atoms with van der Waals surface area (Å²) in [5.41, 5.74) is 12.0. The summed E-state index contributed by atoms with van der Waals surface area (Å²) in [6.07, 6.45) is 1.70. The number of carbonyl (C=O) groups excluding carboxylic acids is 1. The third-order valence-electron chi connectivity index (χ3n) is 2.16. The smallest absolute Gasteiger partial charge is 0.219 e. The fourth-order valence-corrected chi connectivity index (χ4v) is 1.60. The van der Waals surface area contributed by atoms with Gasteiger partial charge in [-0.15, -0.1) is 0 Å². The van der Waals surface area contributed by atoms with Crippen molar-refractivity contribution in [3.8, 4) is 0 Å². The van der Waals surface area contributed by atoms with Gasteiger partial charge in [-0.2, -0.15) is 0 Å². The molecular weight excluding hydrogens is 230 g/mol. The molecule has 4 N–H and O–H groups in total. The molecule has 0 spiro atoms. The number of carbonyl (C=O) groups is 1. The fraction of sp³-hybridized carbons (Fsp3) is 0.222. The van der Waals surface area contributed by atoms with E-state index in [2.05, 4.69) is 9.97 Å². The van der Waals surface area contributed by atoms with Crippen molar-refractivity contribution in [3.63, 3.8) is 0 Å². The minimum Gasteiger partial charge on any atom is -0.370 e. The summed E-state index contributed by atoms with van der Waals surface area (Å²) in [6, 6.07) is 1.67. The Balaban J connectivity index is 2.43. The van der Waals surface area contributed by atoms with Gasteiger partial charge in [0.1, 0.15) is 5.52 Å². The topological polar surface area (TPSA) is 99.8 Å². The van der Waals surface area contributed by atoms with E-state index in [4.69, 9.17) is 23.1 Å². The van der Waals surface area contributed by atoms with Gasteiger partial charge in [0.2, 0.25) is 11.9 Å². The SMILES string of the molecule is NC(=O)CCn1c(N)nc2cc(Cl)cnc21. The van der Waals surface area contributed by atoms with Gasteiger partial charge < -0.3 is 11.5 Å². The minimum absolute atomic E-state index is 0.194. The first-order chi connectivity index (χ1) is 7.58. The average molecular weight is 240 g/mol. The van der Waals surface area contributed by atoms with Crippen molar-refractivity contribution in [1.29, 1.82) is 0 Å². The lowest BCUT2D eigenvalue weighted by Gasteiger charge is -2.03. The number of amides is 1. The molecule has 84 valence electrons. The molecule has 0 aromatic carbocycles. The Labute approximate surface area is 96.2 Å². The van der Waals surface area contributed by atoms with Crippen LogP contribution < -0.4 is 11.5 Å². The Kier molecular flexibility index (Phi) is 2.66. The molecule has 1 amide bonds. The van der Waals surface area contributed by atoms with E-state index in [-0.39, 0.29) is 6.42 Å². The number of anilines is 1. The first kappa shape index (κ1) is 10.7. The molecule has 0 aliphatic carbocycles. The van der Waals surface area contributed by atoms with Gasteiger partial charge in [-0.25, -0.2) is 9.97 Å². The number of primary amides is 1. The van der Waals surface area contributed by atoms with Crippen LogP contribution in [0.1, 0.15) is 6.42 Å². The van der Waals surface area contributed by atoms with E-state index >= 15 is 0 Å². The lowest BCUT2D eigenvalue weighted by molar-refractivity contribution is -0.118. The van der Waals surface area contributed by atoms with Crippen LogP contribution >= 0.6 is 11.6 Å². The quantitative estimate of drug-likeness (QED) is 0.817. The number of halogens is 1. The van der Waals surface area contributed by atoms with Crippen LogP contribution in [-0.2, 0) is 11.3 Å². The summed E-state index contributed by atoms with van der Waals surface area (Å²) in [6.45, 7) is 0.367. The zero-order chi connectivity index (χ0) is 11.7. The van der Waals surface area contributed by atoms with E-state index in [9.17, 15) is 4.79 Å². The number of hydrogen-bond acceptors (Lipinski definition) is 4. The highest BCUT2D eigenvalue weighted by Gasteiger charge is 2.10. The molecule has 2 rings (SSSR count). The number of nitrogen functional groups attached to an aromatic ring is 1. The van der Waals surface area contributed by atoms with Crippen molar-refractivity contribution < 1.29 is 4.79 Å². The number of fused-ring (bicyclic) bond motifs is 1. The number of rotatable bonds is 3. The lowest BCUT2D eigenvalue weighted by Crippen LogP contribution is -2.15. The number of nitrogens with zero attached hydrogens (tertiary/aromatic N) is 3. The van der Waals surface area contributed by atoms with Gasteiger partial charge in [-0.1, -0.05) is 11.6 Å². The molecule has 0 radical (unpaired) electrons. The number of aromatic nitrogens is 3. The molecule has 0 saturated heterocycles. The molecule has 0 fully saturated rings. The first-order valence-corrected chi connectivity index (χ1v) is 5.01. The van der Waals surface area contributed by atoms with Crippen LogP contribution in [0.25, 0.3) is 11.2 Å². The molecule has 7 heteroatoms. The van der Waals surface area contributed by atoms with Crippen molar-refractivity contribution >= 4 is 34.6 Å². The molecule has 0 aliphatic heterocycles. The summed E-state index contributed by atoms with van der Waals surface area (Å²) in [5, 5.41) is 0.493. The zero-order valence-corrected chi connectivity index (χ0v) is 9.11. The molecule has 2 aromatic heterocycles. The van der Waals surface area contributed by atoms with Gasteiger partial charge in [-0.05, 0) is 6.07 Å². The van der Waals surface area contributed by atoms with Gasteiger partial charge in [0, 0.05) is 19.2 Å². The standard InChI is InChI=1S/C9H10ClN5O/c10-5-3-6-8(13-4-5)15(9(12)14-6)2-1-7(11)16/h3-4H,1-2H2,(H2,11,16)(H2,12,14). The maximum absolute atomic E-state index is 10.7. The second-order valence-electron chi connectivity index (χ2n) is 3.33. The molecule has 0 aliphatic rings. The predicted molar refractivity (Wildman–Crippen MR) is 60.8 cm³/mol. The zero-order valence-electron chi connectivity index (χ0n) is 8.35. The highest BCUT2D eigenvalue weighted by atomic mass is 35.5. The summed E-state index contributed by atoms with van der Waals surface area (Å²) in [5.74, 6) is -0.0961. The van der Waals surface area contributed by atoms with Crippen LogP contribution in [0.2, 0.25) is 5.02 Å². The Morgan fingerprint density at radius 1 is 1.56 bits per heavy atom. The number of aryl methyl sites for hydroxylation is 1. The van der Waals surface area contributed by atoms with Crippen molar-refractivity contribution in [2.45, 2.75) is 13.0 Å². The van der Waals surface area contributed by atoms with E-state index in [1.807, 2.05) is 0 Å². The number of hydrogen-bond donors (Lipinski definition) is 2. The molecule has 2 aromatic rings. The monoisotopic (exact) mass is 239 g/mol.